The van der Waals surface area contributed by atoms with Crippen LogP contribution in [-0.2, 0) is 29.8 Å². The van der Waals surface area contributed by atoms with Crippen LogP contribution in [0.15, 0.2) is 30.3 Å². The zero-order chi connectivity index (χ0) is 22.7. The first-order valence-electron chi connectivity index (χ1n) is 11.9. The van der Waals surface area contributed by atoms with Gasteiger partial charge in [0, 0.05) is 18.5 Å². The van der Waals surface area contributed by atoms with Gasteiger partial charge in [0.1, 0.15) is 6.29 Å². The molecule has 1 aliphatic carbocycles. The molecule has 1 aromatic carbocycles. The Morgan fingerprint density at radius 1 is 1.13 bits per heavy atom. The van der Waals surface area contributed by atoms with E-state index in [1.54, 1.807) is 6.92 Å². The molecule has 1 saturated carbocycles. The van der Waals surface area contributed by atoms with Gasteiger partial charge in [-0.25, -0.2) is 0 Å². The van der Waals surface area contributed by atoms with Crippen molar-refractivity contribution in [3.63, 3.8) is 0 Å². The summed E-state index contributed by atoms with van der Waals surface area (Å²) >= 11 is 0. The third-order valence-electron chi connectivity index (χ3n) is 6.12. The van der Waals surface area contributed by atoms with Crippen LogP contribution in [0.2, 0.25) is 0 Å². The maximum Gasteiger partial charge on any atom is 0.307 e. The number of unbranched alkanes of at least 4 members (excludes halogenated alkanes) is 1. The summed E-state index contributed by atoms with van der Waals surface area (Å²) in [7, 11) is -3.34. The Morgan fingerprint density at radius 2 is 1.81 bits per heavy atom. The molecule has 31 heavy (non-hydrogen) atoms. The zero-order valence-corrected chi connectivity index (χ0v) is 20.2. The van der Waals surface area contributed by atoms with Crippen LogP contribution in [0.1, 0.15) is 77.7 Å². The lowest BCUT2D eigenvalue weighted by Gasteiger charge is -2.35. The molecular weight excluding hydrogens is 411 g/mol. The average Bonchev–Trinajstić information content (AvgIpc) is 2.78. The van der Waals surface area contributed by atoms with Crippen LogP contribution < -0.4 is 0 Å². The second-order valence-electron chi connectivity index (χ2n) is 8.98. The molecule has 1 fully saturated rings. The number of ether oxygens (including phenoxy) is 1. The molecule has 3 atom stereocenters. The molecule has 1 aromatic rings. The van der Waals surface area contributed by atoms with Crippen molar-refractivity contribution in [1.82, 2.24) is 0 Å². The van der Waals surface area contributed by atoms with Crippen molar-refractivity contribution in [2.45, 2.75) is 90.5 Å². The van der Waals surface area contributed by atoms with Gasteiger partial charge in [-0.3, -0.25) is 13.9 Å². The van der Waals surface area contributed by atoms with Gasteiger partial charge >= 0.3 is 5.97 Å². The molecule has 0 saturated heterocycles. The van der Waals surface area contributed by atoms with Gasteiger partial charge in [-0.15, -0.1) is 0 Å². The number of aldehydes is 1. The number of carbonyl (C=O) groups excluding carboxylic acids is 2. The highest BCUT2D eigenvalue weighted by atomic mass is 31.2. The van der Waals surface area contributed by atoms with Gasteiger partial charge < -0.3 is 9.53 Å². The lowest BCUT2D eigenvalue weighted by atomic mass is 9.87. The molecule has 6 heteroatoms. The molecule has 0 aliphatic heterocycles. The molecule has 0 aromatic heterocycles. The normalized spacial score (nSPS) is 18.8. The number of aryl methyl sites for hydroxylation is 1. The summed E-state index contributed by atoms with van der Waals surface area (Å²) in [6.07, 6.45) is 8.09. The molecule has 0 N–H and O–H groups in total. The van der Waals surface area contributed by atoms with Gasteiger partial charge in [0.05, 0.1) is 5.66 Å². The standard InChI is InChI=1S/C25H39O5P/c1-4-24(27)29-25(20(2)3)30-31(28,23(19-26)22-16-9-6-10-17-22)18-12-11-15-21-13-7-5-8-14-21/h5,7-8,13-14,19-20,22-23,25H,4,6,9-12,15-18H2,1-3H3. The quantitative estimate of drug-likeness (QED) is 0.115. The molecule has 0 bridgehead atoms. The van der Waals surface area contributed by atoms with E-state index >= 15 is 0 Å². The van der Waals surface area contributed by atoms with E-state index in [9.17, 15) is 14.2 Å². The Balaban J connectivity index is 2.14. The summed E-state index contributed by atoms with van der Waals surface area (Å²) in [4.78, 5) is 24.1. The fourth-order valence-electron chi connectivity index (χ4n) is 4.25. The summed E-state index contributed by atoms with van der Waals surface area (Å²) in [5.74, 6) is -0.442. The average molecular weight is 451 g/mol. The Kier molecular flexibility index (Phi) is 11.0. The van der Waals surface area contributed by atoms with Gasteiger partial charge in [-0.2, -0.15) is 0 Å². The van der Waals surface area contributed by atoms with Crippen molar-refractivity contribution >= 4 is 19.6 Å². The number of hydrogen-bond acceptors (Lipinski definition) is 5. The second kappa shape index (κ2) is 13.2. The second-order valence-corrected chi connectivity index (χ2v) is 11.7. The van der Waals surface area contributed by atoms with Crippen molar-refractivity contribution in [2.75, 3.05) is 6.16 Å². The summed E-state index contributed by atoms with van der Waals surface area (Å²) in [6.45, 7) is 5.48. The van der Waals surface area contributed by atoms with E-state index in [0.717, 1.165) is 51.2 Å². The number of esters is 1. The van der Waals surface area contributed by atoms with Crippen LogP contribution in [0.25, 0.3) is 0 Å². The molecule has 3 unspecified atom stereocenters. The first-order chi connectivity index (χ1) is 14.9. The Labute approximate surface area is 187 Å². The highest BCUT2D eigenvalue weighted by Gasteiger charge is 2.42. The molecule has 0 amide bonds. The van der Waals surface area contributed by atoms with Gasteiger partial charge in [0.15, 0.2) is 0 Å². The predicted octanol–water partition coefficient (Wildman–Crippen LogP) is 6.39. The first kappa shape index (κ1) is 25.8. The summed E-state index contributed by atoms with van der Waals surface area (Å²) in [6, 6.07) is 10.2. The van der Waals surface area contributed by atoms with E-state index in [-0.39, 0.29) is 24.2 Å². The Bertz CT molecular complexity index is 712. The smallest absolute Gasteiger partial charge is 0.307 e. The van der Waals surface area contributed by atoms with Crippen LogP contribution in [0.3, 0.4) is 0 Å². The van der Waals surface area contributed by atoms with E-state index in [0.29, 0.717) is 12.6 Å². The topological polar surface area (TPSA) is 69.7 Å². The lowest BCUT2D eigenvalue weighted by Crippen LogP contribution is -2.32. The van der Waals surface area contributed by atoms with Crippen LogP contribution in [0, 0.1) is 11.8 Å². The molecular formula is C25H39O5P. The minimum atomic E-state index is -3.34. The van der Waals surface area contributed by atoms with E-state index in [1.807, 2.05) is 32.0 Å². The minimum absolute atomic E-state index is 0.0842. The SMILES string of the molecule is CCC(=O)OC(OP(=O)(CCCCc1ccccc1)C(C=O)C1CCCCC1)C(C)C. The van der Waals surface area contributed by atoms with Crippen LogP contribution in [-0.4, -0.2) is 30.4 Å². The van der Waals surface area contributed by atoms with Gasteiger partial charge in [0.25, 0.3) is 0 Å². The van der Waals surface area contributed by atoms with Crippen LogP contribution in [0.5, 0.6) is 0 Å². The number of carbonyl (C=O) groups is 2. The van der Waals surface area contributed by atoms with Crippen LogP contribution >= 0.6 is 7.37 Å². The monoisotopic (exact) mass is 450 g/mol. The number of rotatable bonds is 13. The third kappa shape index (κ3) is 8.20. The number of hydrogen-bond donors (Lipinski definition) is 0. The predicted molar refractivity (Wildman–Crippen MR) is 124 cm³/mol. The van der Waals surface area contributed by atoms with E-state index < -0.39 is 19.3 Å². The Morgan fingerprint density at radius 3 is 2.39 bits per heavy atom. The van der Waals surface area contributed by atoms with E-state index in [2.05, 4.69) is 12.1 Å². The van der Waals surface area contributed by atoms with E-state index in [4.69, 9.17) is 9.26 Å². The third-order valence-corrected chi connectivity index (χ3v) is 9.07. The molecule has 0 spiro atoms. The molecule has 1 aliphatic rings. The molecule has 2 rings (SSSR count). The first-order valence-corrected chi connectivity index (χ1v) is 13.7. The van der Waals surface area contributed by atoms with Crippen LogP contribution in [0.4, 0.5) is 0 Å². The maximum absolute atomic E-state index is 14.2. The highest BCUT2D eigenvalue weighted by molar-refractivity contribution is 7.60. The maximum atomic E-state index is 14.2. The van der Waals surface area contributed by atoms with Crippen molar-refractivity contribution in [1.29, 1.82) is 0 Å². The molecule has 0 heterocycles. The fraction of sp³-hybridized carbons (Fsp3) is 0.680. The molecule has 174 valence electrons. The summed E-state index contributed by atoms with van der Waals surface area (Å²) < 4.78 is 25.8. The largest absolute Gasteiger partial charge is 0.435 e. The minimum Gasteiger partial charge on any atom is -0.435 e. The highest BCUT2D eigenvalue weighted by Crippen LogP contribution is 2.58. The summed E-state index contributed by atoms with van der Waals surface area (Å²) in [5, 5.41) is 0. The van der Waals surface area contributed by atoms with Gasteiger partial charge in [-0.1, -0.05) is 70.4 Å². The van der Waals surface area contributed by atoms with Gasteiger partial charge in [0.2, 0.25) is 13.7 Å². The van der Waals surface area contributed by atoms with Crippen molar-refractivity contribution in [2.24, 2.45) is 11.8 Å². The van der Waals surface area contributed by atoms with Crippen molar-refractivity contribution in [3.8, 4) is 0 Å². The lowest BCUT2D eigenvalue weighted by molar-refractivity contribution is -0.169. The van der Waals surface area contributed by atoms with Crippen molar-refractivity contribution < 1.29 is 23.4 Å². The van der Waals surface area contributed by atoms with Gasteiger partial charge in [-0.05, 0) is 43.6 Å². The Hall–Kier alpha value is -1.45. The van der Waals surface area contributed by atoms with E-state index in [1.165, 1.54) is 5.56 Å². The van der Waals surface area contributed by atoms with Crippen molar-refractivity contribution in [3.05, 3.63) is 35.9 Å². The summed E-state index contributed by atoms with van der Waals surface area (Å²) in [5.41, 5.74) is 0.625. The zero-order valence-electron chi connectivity index (χ0n) is 19.3. The molecule has 0 radical (unpaired) electrons. The number of benzene rings is 1. The fourth-order valence-corrected chi connectivity index (χ4v) is 7.22. The molecule has 5 nitrogen and oxygen atoms in total.